The highest BCUT2D eigenvalue weighted by atomic mass is 16.2. The van der Waals surface area contributed by atoms with Crippen LogP contribution in [0.4, 0.5) is 41.0 Å². The first kappa shape index (κ1) is 48.9. The third-order valence-corrected chi connectivity index (χ3v) is 11.0. The minimum absolute atomic E-state index is 0.00209. The number of fused-ring (bicyclic) bond motifs is 1. The fraction of sp³-hybridized carbons (Fsp3) is 0.553. The number of hydrogen-bond donors (Lipinski definition) is 8. The van der Waals surface area contributed by atoms with Crippen LogP contribution in [0.3, 0.4) is 0 Å². The van der Waals surface area contributed by atoms with Crippen LogP contribution in [0.25, 0.3) is 10.8 Å². The smallest absolute Gasteiger partial charge is 0.337 e. The Balaban J connectivity index is 1.58. The summed E-state index contributed by atoms with van der Waals surface area (Å²) in [5.41, 5.74) is 8.37. The SMILES string of the molecule is CCCCCCCCCCCCNC(=O)NN(NC(=O)NCCCCCCCC)C(=O)N(NC(=O)Nc1ccccc1)c1c(NC(=O)NC2CCCCC2)ccc2ccccc12. The highest BCUT2D eigenvalue weighted by Gasteiger charge is 2.31. The quantitative estimate of drug-likeness (QED) is 0.0368. The first-order chi connectivity index (χ1) is 30.3. The number of nitrogens with one attached hydrogen (secondary N) is 8. The third-order valence-electron chi connectivity index (χ3n) is 11.0. The monoisotopic (exact) mass is 857 g/mol. The summed E-state index contributed by atoms with van der Waals surface area (Å²) in [5, 5.41) is 17.0. The second-order valence-corrected chi connectivity index (χ2v) is 16.2. The Morgan fingerprint density at radius 1 is 0.532 bits per heavy atom. The van der Waals surface area contributed by atoms with Gasteiger partial charge in [0.1, 0.15) is 0 Å². The number of carbonyl (C=O) groups is 5. The van der Waals surface area contributed by atoms with Crippen LogP contribution in [0, 0.1) is 0 Å². The number of benzene rings is 3. The summed E-state index contributed by atoms with van der Waals surface area (Å²) in [6, 6.07) is 15.5. The fourth-order valence-electron chi connectivity index (χ4n) is 7.60. The van der Waals surface area contributed by atoms with Gasteiger partial charge in [0, 0.05) is 30.2 Å². The van der Waals surface area contributed by atoms with E-state index in [1.165, 1.54) is 38.5 Å². The lowest BCUT2D eigenvalue weighted by atomic mass is 9.96. The minimum atomic E-state index is -1.05. The van der Waals surface area contributed by atoms with Crippen molar-refractivity contribution in [1.29, 1.82) is 0 Å². The van der Waals surface area contributed by atoms with Gasteiger partial charge in [-0.3, -0.25) is 0 Å². The Labute approximate surface area is 368 Å². The normalized spacial score (nSPS) is 12.5. The number of anilines is 3. The van der Waals surface area contributed by atoms with Crippen LogP contribution in [0.1, 0.15) is 149 Å². The number of unbranched alkanes of at least 4 members (excludes halogenated alkanes) is 14. The van der Waals surface area contributed by atoms with Gasteiger partial charge in [0.2, 0.25) is 0 Å². The van der Waals surface area contributed by atoms with Gasteiger partial charge >= 0.3 is 30.2 Å². The Morgan fingerprint density at radius 3 is 1.65 bits per heavy atom. The molecule has 0 atom stereocenters. The van der Waals surface area contributed by atoms with E-state index in [1.807, 2.05) is 12.1 Å². The van der Waals surface area contributed by atoms with Gasteiger partial charge in [0.15, 0.2) is 0 Å². The molecule has 10 amide bonds. The first-order valence-electron chi connectivity index (χ1n) is 23.2. The van der Waals surface area contributed by atoms with Gasteiger partial charge in [-0.1, -0.05) is 172 Å². The molecule has 1 aliphatic carbocycles. The van der Waals surface area contributed by atoms with Crippen LogP contribution >= 0.6 is 0 Å². The predicted octanol–water partition coefficient (Wildman–Crippen LogP) is 11.0. The molecule has 4 rings (SSSR count). The third kappa shape index (κ3) is 18.1. The van der Waals surface area contributed by atoms with Crippen molar-refractivity contribution in [2.24, 2.45) is 0 Å². The van der Waals surface area contributed by atoms with Crippen LogP contribution in [0.2, 0.25) is 0 Å². The summed E-state index contributed by atoms with van der Waals surface area (Å²) < 4.78 is 0. The van der Waals surface area contributed by atoms with Crippen molar-refractivity contribution in [3.05, 3.63) is 66.7 Å². The van der Waals surface area contributed by atoms with E-state index in [2.05, 4.69) is 56.7 Å². The zero-order valence-corrected chi connectivity index (χ0v) is 37.1. The van der Waals surface area contributed by atoms with E-state index < -0.39 is 30.2 Å². The molecule has 15 heteroatoms. The Kier molecular flexibility index (Phi) is 22.7. The molecule has 3 aromatic carbocycles. The number of nitrogens with zero attached hydrogens (tertiary/aromatic N) is 2. The standard InChI is InChI=1S/C47H72N10O5/c1-3-5-7-9-11-12-13-14-16-26-36-49-44(59)55-57(54-43(58)48-35-25-15-10-8-6-4-2)47(62)56(53-46(61)51-39-30-21-18-22-31-39)42-40-32-24-23-27-37(40)33-34-41(42)52-45(60)50-38-28-19-17-20-29-38/h18,21-24,27,30-34,38H,3-17,19-20,25-26,28-29,35-36H2,1-2H3,(H2,48,54,58)(H2,49,55,59)(H2,50,52,60)(H2,51,53,61). The van der Waals surface area contributed by atoms with Crippen LogP contribution in [-0.4, -0.2) is 54.4 Å². The van der Waals surface area contributed by atoms with Crippen molar-refractivity contribution in [2.75, 3.05) is 28.7 Å². The average molecular weight is 857 g/mol. The highest BCUT2D eigenvalue weighted by molar-refractivity contribution is 6.12. The molecular weight excluding hydrogens is 785 g/mol. The molecule has 0 unspecified atom stereocenters. The molecule has 1 aliphatic rings. The molecule has 1 fully saturated rings. The molecule has 15 nitrogen and oxygen atoms in total. The largest absolute Gasteiger partial charge is 0.382 e. The molecule has 62 heavy (non-hydrogen) atoms. The molecule has 0 saturated heterocycles. The maximum Gasteiger partial charge on any atom is 0.382 e. The molecule has 0 aromatic heterocycles. The predicted molar refractivity (Wildman–Crippen MR) is 250 cm³/mol. The second-order valence-electron chi connectivity index (χ2n) is 16.2. The van der Waals surface area contributed by atoms with Gasteiger partial charge in [0.05, 0.1) is 11.4 Å². The van der Waals surface area contributed by atoms with Crippen molar-refractivity contribution in [2.45, 2.75) is 155 Å². The molecule has 0 radical (unpaired) electrons. The van der Waals surface area contributed by atoms with Gasteiger partial charge in [-0.25, -0.2) is 40.3 Å². The lowest BCUT2D eigenvalue weighted by Crippen LogP contribution is -2.65. The van der Waals surface area contributed by atoms with Crippen LogP contribution in [-0.2, 0) is 0 Å². The molecule has 3 aromatic rings. The summed E-state index contributed by atoms with van der Waals surface area (Å²) in [5.74, 6) is 0. The number of rotatable bonds is 22. The molecule has 340 valence electrons. The summed E-state index contributed by atoms with van der Waals surface area (Å²) in [6.07, 6.45) is 22.4. The summed E-state index contributed by atoms with van der Waals surface area (Å²) >= 11 is 0. The second kappa shape index (κ2) is 28.7. The van der Waals surface area contributed by atoms with Crippen molar-refractivity contribution < 1.29 is 24.0 Å². The van der Waals surface area contributed by atoms with Crippen LogP contribution < -0.4 is 47.9 Å². The van der Waals surface area contributed by atoms with Gasteiger partial charge in [0.25, 0.3) is 0 Å². The maximum atomic E-state index is 14.9. The number of urea groups is 5. The van der Waals surface area contributed by atoms with Crippen molar-refractivity contribution in [1.82, 2.24) is 37.3 Å². The van der Waals surface area contributed by atoms with E-state index in [9.17, 15) is 24.0 Å². The molecule has 0 heterocycles. The van der Waals surface area contributed by atoms with Crippen molar-refractivity contribution >= 4 is 58.0 Å². The van der Waals surface area contributed by atoms with Gasteiger partial charge in [-0.2, -0.15) is 5.01 Å². The van der Waals surface area contributed by atoms with Crippen LogP contribution in [0.15, 0.2) is 66.7 Å². The number of carbonyl (C=O) groups excluding carboxylic acids is 5. The fourth-order valence-corrected chi connectivity index (χ4v) is 7.60. The molecule has 0 aliphatic heterocycles. The Bertz CT molecular complexity index is 1810. The zero-order valence-electron chi connectivity index (χ0n) is 37.1. The van der Waals surface area contributed by atoms with E-state index in [-0.39, 0.29) is 17.4 Å². The lowest BCUT2D eigenvalue weighted by Gasteiger charge is -2.32. The summed E-state index contributed by atoms with van der Waals surface area (Å²) in [4.78, 5) is 69.1. The topological polar surface area (TPSA) is 188 Å². The zero-order chi connectivity index (χ0) is 44.2. The van der Waals surface area contributed by atoms with Gasteiger partial charge < -0.3 is 26.6 Å². The Morgan fingerprint density at radius 2 is 1.06 bits per heavy atom. The highest BCUT2D eigenvalue weighted by Crippen LogP contribution is 2.35. The van der Waals surface area contributed by atoms with E-state index in [4.69, 9.17) is 0 Å². The van der Waals surface area contributed by atoms with E-state index >= 15 is 0 Å². The number of hydrazine groups is 3. The molecule has 8 N–H and O–H groups in total. The molecule has 1 saturated carbocycles. The molecule has 0 spiro atoms. The maximum absolute atomic E-state index is 14.9. The lowest BCUT2D eigenvalue weighted by molar-refractivity contribution is 0.140. The number of hydrogen-bond acceptors (Lipinski definition) is 5. The average Bonchev–Trinajstić information content (AvgIpc) is 3.27. The van der Waals surface area contributed by atoms with Gasteiger partial charge in [-0.15, -0.1) is 5.12 Å². The summed E-state index contributed by atoms with van der Waals surface area (Å²) in [7, 11) is 0. The molecular formula is C47H72N10O5. The first-order valence-corrected chi connectivity index (χ1v) is 23.2. The number of para-hydroxylation sites is 1. The van der Waals surface area contributed by atoms with Crippen molar-refractivity contribution in [3.8, 4) is 0 Å². The molecule has 0 bridgehead atoms. The van der Waals surface area contributed by atoms with Crippen LogP contribution in [0.5, 0.6) is 0 Å². The number of amides is 10. The summed E-state index contributed by atoms with van der Waals surface area (Å²) in [6.45, 7) is 5.07. The van der Waals surface area contributed by atoms with Crippen molar-refractivity contribution in [3.63, 3.8) is 0 Å². The van der Waals surface area contributed by atoms with E-state index in [0.717, 1.165) is 101 Å². The van der Waals surface area contributed by atoms with Gasteiger partial charge in [-0.05, 0) is 49.3 Å². The van der Waals surface area contributed by atoms with E-state index in [1.54, 1.807) is 54.6 Å². The Hall–Kier alpha value is -5.73. The van der Waals surface area contributed by atoms with E-state index in [0.29, 0.717) is 34.7 Å². The minimum Gasteiger partial charge on any atom is -0.337 e.